The van der Waals surface area contributed by atoms with Crippen molar-refractivity contribution in [2.24, 2.45) is 0 Å². The molecule has 0 heterocycles. The molecule has 0 aliphatic heterocycles. The number of hydrogen-bond acceptors (Lipinski definition) is 4. The molecule has 218 valence electrons. The Bertz CT molecular complexity index is 1400. The first-order valence-corrected chi connectivity index (χ1v) is 15.7. The van der Waals surface area contributed by atoms with Gasteiger partial charge in [0.15, 0.2) is 0 Å². The molecule has 0 bridgehead atoms. The Kier molecular flexibility index (Phi) is 10.5. The fraction of sp³-hybridized carbons (Fsp3) is 0.375. The fourth-order valence-electron chi connectivity index (χ4n) is 5.33. The zero-order chi connectivity index (χ0) is 29.2. The SMILES string of the molecule is CCC(C(=O)NC1CCCCC1)N(CCc1ccccc1)C(=O)CN(c1ccccc1F)S(=O)(=O)c1ccccc1. The Hall–Kier alpha value is -3.72. The molecule has 7 nitrogen and oxygen atoms in total. The normalized spacial score (nSPS) is 14.7. The van der Waals surface area contributed by atoms with E-state index in [1.165, 1.54) is 35.2 Å². The van der Waals surface area contributed by atoms with E-state index in [0.717, 1.165) is 48.0 Å². The molecule has 1 N–H and O–H groups in total. The number of carbonyl (C=O) groups excluding carboxylic acids is 2. The average Bonchev–Trinajstić information content (AvgIpc) is 2.99. The summed E-state index contributed by atoms with van der Waals surface area (Å²) in [5, 5.41) is 3.13. The van der Waals surface area contributed by atoms with Crippen LogP contribution in [0.2, 0.25) is 0 Å². The van der Waals surface area contributed by atoms with Gasteiger partial charge in [0.05, 0.1) is 10.6 Å². The molecule has 41 heavy (non-hydrogen) atoms. The zero-order valence-electron chi connectivity index (χ0n) is 23.4. The number of sulfonamides is 1. The molecule has 0 radical (unpaired) electrons. The molecule has 1 aliphatic rings. The zero-order valence-corrected chi connectivity index (χ0v) is 24.2. The molecule has 3 aromatic carbocycles. The number of benzene rings is 3. The van der Waals surface area contributed by atoms with Crippen molar-refractivity contribution >= 4 is 27.5 Å². The van der Waals surface area contributed by atoms with Gasteiger partial charge in [-0.25, -0.2) is 12.8 Å². The van der Waals surface area contributed by atoms with Gasteiger partial charge in [-0.2, -0.15) is 0 Å². The highest BCUT2D eigenvalue weighted by Gasteiger charge is 2.35. The summed E-state index contributed by atoms with van der Waals surface area (Å²) in [4.78, 5) is 29.0. The molecule has 0 spiro atoms. The summed E-state index contributed by atoms with van der Waals surface area (Å²) in [6.07, 6.45) is 5.87. The smallest absolute Gasteiger partial charge is 0.264 e. The van der Waals surface area contributed by atoms with Gasteiger partial charge in [-0.05, 0) is 55.5 Å². The third kappa shape index (κ3) is 7.73. The molecule has 4 rings (SSSR count). The lowest BCUT2D eigenvalue weighted by Gasteiger charge is -2.34. The topological polar surface area (TPSA) is 86.8 Å². The van der Waals surface area contributed by atoms with Crippen molar-refractivity contribution in [3.8, 4) is 0 Å². The van der Waals surface area contributed by atoms with Crippen molar-refractivity contribution in [1.29, 1.82) is 0 Å². The second-order valence-electron chi connectivity index (χ2n) is 10.4. The van der Waals surface area contributed by atoms with Crippen LogP contribution >= 0.6 is 0 Å². The Morgan fingerprint density at radius 1 is 0.902 bits per heavy atom. The Labute approximate surface area is 242 Å². The maximum absolute atomic E-state index is 15.0. The van der Waals surface area contributed by atoms with Crippen LogP contribution in [0.25, 0.3) is 0 Å². The van der Waals surface area contributed by atoms with Gasteiger partial charge in [0.1, 0.15) is 18.4 Å². The first-order valence-electron chi connectivity index (χ1n) is 14.3. The van der Waals surface area contributed by atoms with Gasteiger partial charge in [-0.3, -0.25) is 13.9 Å². The van der Waals surface area contributed by atoms with Crippen LogP contribution in [0.1, 0.15) is 51.0 Å². The van der Waals surface area contributed by atoms with E-state index in [-0.39, 0.29) is 29.1 Å². The average molecular weight is 580 g/mol. The number of para-hydroxylation sites is 1. The molecule has 1 atom stereocenters. The number of anilines is 1. The van der Waals surface area contributed by atoms with Crippen LogP contribution in [0.3, 0.4) is 0 Å². The molecule has 9 heteroatoms. The van der Waals surface area contributed by atoms with Crippen molar-refractivity contribution in [2.45, 2.75) is 68.8 Å². The molecule has 1 unspecified atom stereocenters. The van der Waals surface area contributed by atoms with Crippen LogP contribution in [-0.4, -0.2) is 50.3 Å². The van der Waals surface area contributed by atoms with E-state index in [0.29, 0.717) is 12.8 Å². The number of amides is 2. The van der Waals surface area contributed by atoms with Gasteiger partial charge >= 0.3 is 0 Å². The van der Waals surface area contributed by atoms with Gasteiger partial charge in [0.2, 0.25) is 11.8 Å². The number of rotatable bonds is 12. The minimum Gasteiger partial charge on any atom is -0.352 e. The Balaban J connectivity index is 1.66. The summed E-state index contributed by atoms with van der Waals surface area (Å²) in [5.41, 5.74) is 0.753. The van der Waals surface area contributed by atoms with Crippen LogP contribution in [0, 0.1) is 5.82 Å². The van der Waals surface area contributed by atoms with Crippen LogP contribution in [0.4, 0.5) is 10.1 Å². The van der Waals surface area contributed by atoms with Gasteiger partial charge in [-0.1, -0.05) is 86.8 Å². The number of hydrogen-bond donors (Lipinski definition) is 1. The highest BCUT2D eigenvalue weighted by atomic mass is 32.2. The predicted molar refractivity (Wildman–Crippen MR) is 158 cm³/mol. The third-order valence-corrected chi connectivity index (χ3v) is 9.33. The van der Waals surface area contributed by atoms with Gasteiger partial charge in [0.25, 0.3) is 10.0 Å². The summed E-state index contributed by atoms with van der Waals surface area (Å²) < 4.78 is 43.4. The fourth-order valence-corrected chi connectivity index (χ4v) is 6.77. The van der Waals surface area contributed by atoms with Crippen molar-refractivity contribution in [3.05, 3.63) is 96.3 Å². The van der Waals surface area contributed by atoms with Crippen LogP contribution < -0.4 is 9.62 Å². The standard InChI is InChI=1S/C32H38FN3O4S/c1-2-29(32(38)34-26-16-8-4-9-17-26)35(23-22-25-14-6-3-7-15-25)31(37)24-36(30-21-13-12-20-28(30)33)41(39,40)27-18-10-5-11-19-27/h3,5-7,10-15,18-21,26,29H,2,4,8-9,16-17,22-24H2,1H3,(H,34,38). The van der Waals surface area contributed by atoms with Crippen molar-refractivity contribution in [3.63, 3.8) is 0 Å². The van der Waals surface area contributed by atoms with E-state index in [4.69, 9.17) is 0 Å². The molecule has 1 aliphatic carbocycles. The van der Waals surface area contributed by atoms with Gasteiger partial charge in [0, 0.05) is 12.6 Å². The summed E-state index contributed by atoms with van der Waals surface area (Å²) in [6, 6.07) is 22.0. The lowest BCUT2D eigenvalue weighted by molar-refractivity contribution is -0.140. The highest BCUT2D eigenvalue weighted by molar-refractivity contribution is 7.92. The molecule has 3 aromatic rings. The first-order chi connectivity index (χ1) is 19.8. The van der Waals surface area contributed by atoms with Crippen LogP contribution in [-0.2, 0) is 26.0 Å². The summed E-state index contributed by atoms with van der Waals surface area (Å²) in [7, 11) is -4.30. The second-order valence-corrected chi connectivity index (χ2v) is 12.2. The maximum Gasteiger partial charge on any atom is 0.264 e. The van der Waals surface area contributed by atoms with E-state index in [1.807, 2.05) is 37.3 Å². The molecular weight excluding hydrogens is 541 g/mol. The monoisotopic (exact) mass is 579 g/mol. The largest absolute Gasteiger partial charge is 0.352 e. The molecule has 2 amide bonds. The number of carbonyl (C=O) groups is 2. The van der Waals surface area contributed by atoms with Crippen molar-refractivity contribution < 1.29 is 22.4 Å². The second kappa shape index (κ2) is 14.3. The highest BCUT2D eigenvalue weighted by Crippen LogP contribution is 2.27. The van der Waals surface area contributed by atoms with Crippen LogP contribution in [0.5, 0.6) is 0 Å². The lowest BCUT2D eigenvalue weighted by Crippen LogP contribution is -2.54. The van der Waals surface area contributed by atoms with Crippen molar-refractivity contribution in [1.82, 2.24) is 10.2 Å². The molecular formula is C32H38FN3O4S. The Morgan fingerprint density at radius 3 is 2.15 bits per heavy atom. The molecule has 1 saturated carbocycles. The lowest BCUT2D eigenvalue weighted by atomic mass is 9.95. The summed E-state index contributed by atoms with van der Waals surface area (Å²) in [5.74, 6) is -1.59. The van der Waals surface area contributed by atoms with E-state index in [2.05, 4.69) is 5.32 Å². The number of halogens is 1. The minimum atomic E-state index is -4.30. The van der Waals surface area contributed by atoms with Gasteiger partial charge < -0.3 is 10.2 Å². The van der Waals surface area contributed by atoms with Crippen molar-refractivity contribution in [2.75, 3.05) is 17.4 Å². The maximum atomic E-state index is 15.0. The first kappa shape index (κ1) is 30.2. The van der Waals surface area contributed by atoms with E-state index < -0.39 is 34.3 Å². The number of nitrogens with one attached hydrogen (secondary N) is 1. The van der Waals surface area contributed by atoms with E-state index in [1.54, 1.807) is 18.2 Å². The van der Waals surface area contributed by atoms with Gasteiger partial charge in [-0.15, -0.1) is 0 Å². The van der Waals surface area contributed by atoms with E-state index >= 15 is 4.39 Å². The molecule has 0 aromatic heterocycles. The molecule has 1 fully saturated rings. The predicted octanol–water partition coefficient (Wildman–Crippen LogP) is 5.32. The number of nitrogens with zero attached hydrogens (tertiary/aromatic N) is 2. The molecule has 0 saturated heterocycles. The quantitative estimate of drug-likeness (QED) is 0.315. The summed E-state index contributed by atoms with van der Waals surface area (Å²) in [6.45, 7) is 1.39. The summed E-state index contributed by atoms with van der Waals surface area (Å²) >= 11 is 0. The van der Waals surface area contributed by atoms with E-state index in [9.17, 15) is 18.0 Å². The third-order valence-electron chi connectivity index (χ3n) is 7.55. The van der Waals surface area contributed by atoms with Crippen LogP contribution in [0.15, 0.2) is 89.8 Å². The minimum absolute atomic E-state index is 0.0600. The Morgan fingerprint density at radius 2 is 1.51 bits per heavy atom.